The zero-order valence-corrected chi connectivity index (χ0v) is 18.6. The molecule has 0 fully saturated rings. The predicted molar refractivity (Wildman–Crippen MR) is 123 cm³/mol. The number of fused-ring (bicyclic) bond motifs is 1. The zero-order valence-electron chi connectivity index (χ0n) is 17.8. The molecule has 0 aliphatic heterocycles. The summed E-state index contributed by atoms with van der Waals surface area (Å²) in [5.41, 5.74) is 2.40. The van der Waals surface area contributed by atoms with Gasteiger partial charge in [0, 0.05) is 22.9 Å². The monoisotopic (exact) mass is 437 g/mol. The first-order chi connectivity index (χ1) is 15.2. The Bertz CT molecular complexity index is 1270. The molecule has 8 heteroatoms. The molecular weight excluding hydrogens is 414 g/mol. The van der Waals surface area contributed by atoms with Crippen molar-refractivity contribution in [2.45, 2.75) is 6.92 Å². The number of hydrogen-bond acceptors (Lipinski definition) is 7. The molecule has 0 atom stereocenters. The van der Waals surface area contributed by atoms with Gasteiger partial charge in [0.05, 0.1) is 27.5 Å². The summed E-state index contributed by atoms with van der Waals surface area (Å²) in [5.74, 6) is 2.37. The van der Waals surface area contributed by atoms with E-state index in [4.69, 9.17) is 23.7 Å². The van der Waals surface area contributed by atoms with Crippen LogP contribution < -0.4 is 19.0 Å². The van der Waals surface area contributed by atoms with Gasteiger partial charge in [-0.25, -0.2) is 4.68 Å². The molecule has 7 nitrogen and oxygen atoms in total. The summed E-state index contributed by atoms with van der Waals surface area (Å²) in [6.45, 7) is 2.64. The van der Waals surface area contributed by atoms with Crippen molar-refractivity contribution >= 4 is 28.5 Å². The van der Waals surface area contributed by atoms with Crippen molar-refractivity contribution in [1.29, 1.82) is 0 Å². The quantitative estimate of drug-likeness (QED) is 0.390. The number of ether oxygens (including phenoxy) is 3. The Morgan fingerprint density at radius 2 is 1.84 bits per heavy atom. The highest BCUT2D eigenvalue weighted by Crippen LogP contribution is 2.39. The highest BCUT2D eigenvalue weighted by molar-refractivity contribution is 7.07. The van der Waals surface area contributed by atoms with E-state index >= 15 is 0 Å². The molecule has 0 saturated carbocycles. The van der Waals surface area contributed by atoms with Crippen LogP contribution in [0.15, 0.2) is 62.4 Å². The van der Waals surface area contributed by atoms with E-state index in [0.29, 0.717) is 23.8 Å². The normalized spacial score (nSPS) is 12.1. The minimum atomic E-state index is 0.514. The molecule has 0 bridgehead atoms. The van der Waals surface area contributed by atoms with Gasteiger partial charge in [0.2, 0.25) is 10.6 Å². The number of furan rings is 1. The van der Waals surface area contributed by atoms with Gasteiger partial charge >= 0.3 is 0 Å². The lowest BCUT2D eigenvalue weighted by atomic mass is 10.2. The fraction of sp³-hybridized carbons (Fsp3) is 0.217. The standard InChI is InChI=1S/C23H23N3O4S/c1-5-24-23-26(17(14-31-23)20-12-15-8-6-7-9-18(15)30-20)25-13-16-10-11-19(27-2)22(29-4)21(16)28-3/h6-14H,5H2,1-4H3. The molecule has 0 radical (unpaired) electrons. The number of rotatable bonds is 7. The molecule has 0 unspecified atom stereocenters. The van der Waals surface area contributed by atoms with Gasteiger partial charge in [0.15, 0.2) is 17.3 Å². The minimum absolute atomic E-state index is 0.514. The fourth-order valence-corrected chi connectivity index (χ4v) is 4.16. The summed E-state index contributed by atoms with van der Waals surface area (Å²) in [6, 6.07) is 13.6. The van der Waals surface area contributed by atoms with Crippen LogP contribution in [0, 0.1) is 0 Å². The van der Waals surface area contributed by atoms with E-state index in [9.17, 15) is 0 Å². The largest absolute Gasteiger partial charge is 0.493 e. The molecule has 4 aromatic rings. The van der Waals surface area contributed by atoms with Gasteiger partial charge in [-0.05, 0) is 31.2 Å². The summed E-state index contributed by atoms with van der Waals surface area (Å²) >= 11 is 1.51. The smallest absolute Gasteiger partial charge is 0.206 e. The maximum absolute atomic E-state index is 6.06. The molecule has 2 aromatic carbocycles. The van der Waals surface area contributed by atoms with Crippen LogP contribution in [0.3, 0.4) is 0 Å². The molecule has 2 aromatic heterocycles. The van der Waals surface area contributed by atoms with Crippen molar-refractivity contribution in [3.05, 3.63) is 58.2 Å². The molecule has 0 saturated heterocycles. The Labute approximate surface area is 183 Å². The molecule has 2 heterocycles. The second-order valence-corrected chi connectivity index (χ2v) is 7.34. The second-order valence-electron chi connectivity index (χ2n) is 6.51. The van der Waals surface area contributed by atoms with Gasteiger partial charge in [-0.2, -0.15) is 5.10 Å². The van der Waals surface area contributed by atoms with E-state index in [1.807, 2.05) is 54.8 Å². The molecule has 31 heavy (non-hydrogen) atoms. The Morgan fingerprint density at radius 1 is 1.03 bits per heavy atom. The second kappa shape index (κ2) is 9.09. The number of thiazole rings is 1. The molecule has 0 amide bonds. The van der Waals surface area contributed by atoms with Crippen LogP contribution in [-0.4, -0.2) is 38.8 Å². The van der Waals surface area contributed by atoms with Crippen molar-refractivity contribution in [2.24, 2.45) is 10.1 Å². The summed E-state index contributed by atoms with van der Waals surface area (Å²) in [7, 11) is 4.75. The van der Waals surface area contributed by atoms with Crippen molar-refractivity contribution in [3.8, 4) is 28.7 Å². The number of para-hydroxylation sites is 1. The molecule has 0 spiro atoms. The Hall–Kier alpha value is -3.52. The fourth-order valence-electron chi connectivity index (χ4n) is 3.28. The van der Waals surface area contributed by atoms with E-state index in [1.54, 1.807) is 32.2 Å². The first kappa shape index (κ1) is 20.7. The van der Waals surface area contributed by atoms with Crippen molar-refractivity contribution < 1.29 is 18.6 Å². The lowest BCUT2D eigenvalue weighted by Gasteiger charge is -2.13. The van der Waals surface area contributed by atoms with Crippen LogP contribution in [0.4, 0.5) is 0 Å². The number of aromatic nitrogens is 1. The highest BCUT2D eigenvalue weighted by Gasteiger charge is 2.16. The Morgan fingerprint density at radius 3 is 2.55 bits per heavy atom. The van der Waals surface area contributed by atoms with Crippen molar-refractivity contribution in [1.82, 2.24) is 4.68 Å². The molecule has 160 valence electrons. The van der Waals surface area contributed by atoms with Gasteiger partial charge < -0.3 is 18.6 Å². The maximum atomic E-state index is 6.06. The number of methoxy groups -OCH3 is 3. The first-order valence-electron chi connectivity index (χ1n) is 9.73. The zero-order chi connectivity index (χ0) is 21.8. The lowest BCUT2D eigenvalue weighted by molar-refractivity contribution is 0.324. The van der Waals surface area contributed by atoms with Crippen molar-refractivity contribution in [3.63, 3.8) is 0 Å². The van der Waals surface area contributed by atoms with Crippen molar-refractivity contribution in [2.75, 3.05) is 27.9 Å². The van der Waals surface area contributed by atoms with Gasteiger partial charge in [0.25, 0.3) is 0 Å². The molecule has 4 rings (SSSR count). The van der Waals surface area contributed by atoms with Crippen LogP contribution in [-0.2, 0) is 0 Å². The average molecular weight is 438 g/mol. The van der Waals surface area contributed by atoms with Crippen LogP contribution in [0.5, 0.6) is 17.2 Å². The summed E-state index contributed by atoms with van der Waals surface area (Å²) < 4.78 is 24.2. The third kappa shape index (κ3) is 3.94. The lowest BCUT2D eigenvalue weighted by Crippen LogP contribution is -2.12. The van der Waals surface area contributed by atoms with E-state index in [-0.39, 0.29) is 0 Å². The van der Waals surface area contributed by atoms with E-state index in [1.165, 1.54) is 11.3 Å². The Balaban J connectivity index is 1.82. The SMILES string of the molecule is CCN=c1scc(-c2cc3ccccc3o2)n1N=Cc1ccc(OC)c(OC)c1OC. The van der Waals surface area contributed by atoms with Crippen LogP contribution in [0.2, 0.25) is 0 Å². The van der Waals surface area contributed by atoms with Gasteiger partial charge in [-0.1, -0.05) is 18.2 Å². The third-order valence-electron chi connectivity index (χ3n) is 4.70. The molecular formula is C23H23N3O4S. The van der Waals surface area contributed by atoms with Crippen LogP contribution in [0.25, 0.3) is 22.4 Å². The van der Waals surface area contributed by atoms with E-state index in [2.05, 4.69) is 4.99 Å². The molecule has 0 aliphatic rings. The summed E-state index contributed by atoms with van der Waals surface area (Å²) in [5, 5.41) is 7.75. The van der Waals surface area contributed by atoms with Gasteiger partial charge in [0.1, 0.15) is 11.3 Å². The summed E-state index contributed by atoms with van der Waals surface area (Å²) in [4.78, 5) is 5.34. The van der Waals surface area contributed by atoms with Crippen LogP contribution in [0.1, 0.15) is 12.5 Å². The summed E-state index contributed by atoms with van der Waals surface area (Å²) in [6.07, 6.45) is 1.72. The first-order valence-corrected chi connectivity index (χ1v) is 10.6. The molecule has 0 N–H and O–H groups in total. The third-order valence-corrected chi connectivity index (χ3v) is 5.56. The number of hydrogen-bond donors (Lipinski definition) is 0. The predicted octanol–water partition coefficient (Wildman–Crippen LogP) is 4.79. The van der Waals surface area contributed by atoms with E-state index < -0.39 is 0 Å². The number of nitrogens with zero attached hydrogens (tertiary/aromatic N) is 3. The maximum Gasteiger partial charge on any atom is 0.206 e. The number of benzene rings is 2. The molecule has 0 aliphatic carbocycles. The van der Waals surface area contributed by atoms with Gasteiger partial charge in [-0.15, -0.1) is 11.3 Å². The highest BCUT2D eigenvalue weighted by atomic mass is 32.1. The van der Waals surface area contributed by atoms with Crippen LogP contribution >= 0.6 is 11.3 Å². The topological polar surface area (TPSA) is 70.5 Å². The Kier molecular flexibility index (Phi) is 6.08. The van der Waals surface area contributed by atoms with Gasteiger partial charge in [-0.3, -0.25) is 4.99 Å². The minimum Gasteiger partial charge on any atom is -0.493 e. The average Bonchev–Trinajstić information content (AvgIpc) is 3.40. The van der Waals surface area contributed by atoms with E-state index in [0.717, 1.165) is 32.8 Å².